The molecule has 1 amide bonds. The fourth-order valence-electron chi connectivity index (χ4n) is 2.95. The third-order valence-corrected chi connectivity index (χ3v) is 4.40. The van der Waals surface area contributed by atoms with Crippen molar-refractivity contribution in [1.82, 2.24) is 9.88 Å². The molecule has 118 valence electrons. The molecule has 2 heterocycles. The number of piperidine rings is 1. The van der Waals surface area contributed by atoms with E-state index in [-0.39, 0.29) is 11.9 Å². The van der Waals surface area contributed by atoms with Gasteiger partial charge >= 0.3 is 0 Å². The molecule has 1 aliphatic rings. The van der Waals surface area contributed by atoms with Gasteiger partial charge in [0, 0.05) is 30.0 Å². The molecule has 4 heteroatoms. The first kappa shape index (κ1) is 15.8. The van der Waals surface area contributed by atoms with Gasteiger partial charge in [-0.3, -0.25) is 9.78 Å². The topological polar surface area (TPSA) is 33.2 Å². The monoisotopic (exact) mass is 326 g/mol. The molecule has 1 aliphatic heterocycles. The molecule has 0 spiro atoms. The Labute approximate surface area is 141 Å². The van der Waals surface area contributed by atoms with Crippen LogP contribution in [-0.2, 0) is 4.79 Å². The zero-order valence-corrected chi connectivity index (χ0v) is 13.6. The van der Waals surface area contributed by atoms with Crippen molar-refractivity contribution < 1.29 is 4.79 Å². The summed E-state index contributed by atoms with van der Waals surface area (Å²) >= 11 is 5.88. The van der Waals surface area contributed by atoms with Crippen LogP contribution in [0.2, 0.25) is 5.02 Å². The summed E-state index contributed by atoms with van der Waals surface area (Å²) in [6, 6.07) is 11.6. The van der Waals surface area contributed by atoms with Crippen LogP contribution in [0.25, 0.3) is 6.08 Å². The summed E-state index contributed by atoms with van der Waals surface area (Å²) in [5, 5.41) is 0.696. The van der Waals surface area contributed by atoms with E-state index in [1.165, 1.54) is 0 Å². The second-order valence-electron chi connectivity index (χ2n) is 5.71. The van der Waals surface area contributed by atoms with E-state index in [1.54, 1.807) is 12.3 Å². The number of hydrogen-bond donors (Lipinski definition) is 0. The molecule has 1 unspecified atom stereocenters. The van der Waals surface area contributed by atoms with Crippen molar-refractivity contribution in [2.45, 2.75) is 25.3 Å². The van der Waals surface area contributed by atoms with E-state index in [9.17, 15) is 4.79 Å². The Morgan fingerprint density at radius 3 is 2.78 bits per heavy atom. The number of pyridine rings is 1. The lowest BCUT2D eigenvalue weighted by molar-refractivity contribution is -0.129. The molecule has 3 rings (SSSR count). The van der Waals surface area contributed by atoms with Gasteiger partial charge in [-0.25, -0.2) is 0 Å². The van der Waals surface area contributed by atoms with Crippen molar-refractivity contribution in [2.75, 3.05) is 6.54 Å². The van der Waals surface area contributed by atoms with Gasteiger partial charge in [0.1, 0.15) is 0 Å². The first-order valence-corrected chi connectivity index (χ1v) is 8.26. The fourth-order valence-corrected chi connectivity index (χ4v) is 3.08. The maximum atomic E-state index is 12.6. The van der Waals surface area contributed by atoms with Gasteiger partial charge in [-0.1, -0.05) is 29.8 Å². The second-order valence-corrected chi connectivity index (χ2v) is 6.15. The predicted octanol–water partition coefficient (Wildman–Crippen LogP) is 4.50. The molecular formula is C19H19ClN2O. The van der Waals surface area contributed by atoms with Crippen molar-refractivity contribution in [3.8, 4) is 0 Å². The zero-order chi connectivity index (χ0) is 16.1. The van der Waals surface area contributed by atoms with Crippen LogP contribution in [0.4, 0.5) is 0 Å². The highest BCUT2D eigenvalue weighted by Crippen LogP contribution is 2.30. The van der Waals surface area contributed by atoms with Gasteiger partial charge in [0.25, 0.3) is 0 Å². The molecule has 1 saturated heterocycles. The maximum Gasteiger partial charge on any atom is 0.247 e. The molecule has 1 atom stereocenters. The number of hydrogen-bond acceptors (Lipinski definition) is 2. The van der Waals surface area contributed by atoms with Gasteiger partial charge in [-0.05, 0) is 54.7 Å². The van der Waals surface area contributed by atoms with Gasteiger partial charge in [0.05, 0.1) is 6.04 Å². The van der Waals surface area contributed by atoms with Crippen LogP contribution in [0.3, 0.4) is 0 Å². The zero-order valence-electron chi connectivity index (χ0n) is 12.9. The molecule has 0 aliphatic carbocycles. The Bertz CT molecular complexity index is 682. The van der Waals surface area contributed by atoms with Gasteiger partial charge in [0.15, 0.2) is 0 Å². The number of amides is 1. The van der Waals surface area contributed by atoms with E-state index in [0.29, 0.717) is 5.02 Å². The summed E-state index contributed by atoms with van der Waals surface area (Å²) in [7, 11) is 0. The average Bonchev–Trinajstić information content (AvgIpc) is 2.62. The Morgan fingerprint density at radius 1 is 1.22 bits per heavy atom. The lowest BCUT2D eigenvalue weighted by Gasteiger charge is -2.35. The Hall–Kier alpha value is -2.13. The van der Waals surface area contributed by atoms with E-state index >= 15 is 0 Å². The number of likely N-dealkylation sites (tertiary alicyclic amines) is 1. The van der Waals surface area contributed by atoms with Crippen molar-refractivity contribution in [3.63, 3.8) is 0 Å². The van der Waals surface area contributed by atoms with Crippen LogP contribution in [-0.4, -0.2) is 22.3 Å². The number of carbonyl (C=O) groups excluding carboxylic acids is 1. The van der Waals surface area contributed by atoms with E-state index in [0.717, 1.165) is 36.9 Å². The third kappa shape index (κ3) is 3.99. The number of halogens is 1. The number of rotatable bonds is 3. The standard InChI is InChI=1S/C19H19ClN2O/c20-17-9-6-15(7-10-17)8-11-19(23)22-13-2-1-5-18(22)16-4-3-12-21-14-16/h3-4,6-12,14,18H,1-2,5,13H2/b11-8+. The van der Waals surface area contributed by atoms with Gasteiger partial charge in [0.2, 0.25) is 5.91 Å². The number of nitrogens with zero attached hydrogens (tertiary/aromatic N) is 2. The van der Waals surface area contributed by atoms with E-state index < -0.39 is 0 Å². The highest BCUT2D eigenvalue weighted by Gasteiger charge is 2.26. The van der Waals surface area contributed by atoms with Gasteiger partial charge < -0.3 is 4.90 Å². The maximum absolute atomic E-state index is 12.6. The highest BCUT2D eigenvalue weighted by atomic mass is 35.5. The Kier molecular flexibility index (Phi) is 5.09. The van der Waals surface area contributed by atoms with Crippen molar-refractivity contribution in [2.24, 2.45) is 0 Å². The molecule has 0 N–H and O–H groups in total. The lowest BCUT2D eigenvalue weighted by Crippen LogP contribution is -2.37. The number of aromatic nitrogens is 1. The molecule has 0 bridgehead atoms. The van der Waals surface area contributed by atoms with E-state index in [4.69, 9.17) is 11.6 Å². The summed E-state index contributed by atoms with van der Waals surface area (Å²) in [5.74, 6) is 0.0495. The minimum absolute atomic E-state index is 0.0495. The largest absolute Gasteiger partial charge is 0.332 e. The molecule has 0 saturated carbocycles. The number of carbonyl (C=O) groups is 1. The lowest BCUT2D eigenvalue weighted by atomic mass is 9.96. The SMILES string of the molecule is O=C(/C=C/c1ccc(Cl)cc1)N1CCCCC1c1cccnc1. The van der Waals surface area contributed by atoms with Crippen molar-refractivity contribution in [1.29, 1.82) is 0 Å². The third-order valence-electron chi connectivity index (χ3n) is 4.14. The molecular weight excluding hydrogens is 308 g/mol. The van der Waals surface area contributed by atoms with Crippen LogP contribution in [0, 0.1) is 0 Å². The fraction of sp³-hybridized carbons (Fsp3) is 0.263. The molecule has 1 fully saturated rings. The number of benzene rings is 1. The first-order chi connectivity index (χ1) is 11.2. The van der Waals surface area contributed by atoms with Crippen LogP contribution in [0.15, 0.2) is 54.9 Å². The molecule has 1 aromatic heterocycles. The van der Waals surface area contributed by atoms with Gasteiger partial charge in [-0.2, -0.15) is 0 Å². The molecule has 2 aromatic rings. The van der Waals surface area contributed by atoms with Crippen LogP contribution >= 0.6 is 11.6 Å². The summed E-state index contributed by atoms with van der Waals surface area (Å²) in [4.78, 5) is 18.8. The molecule has 1 aromatic carbocycles. The van der Waals surface area contributed by atoms with Crippen LogP contribution < -0.4 is 0 Å². The van der Waals surface area contributed by atoms with E-state index in [2.05, 4.69) is 4.98 Å². The van der Waals surface area contributed by atoms with E-state index in [1.807, 2.05) is 53.6 Å². The quantitative estimate of drug-likeness (QED) is 0.778. The minimum atomic E-state index is 0.0495. The highest BCUT2D eigenvalue weighted by molar-refractivity contribution is 6.30. The Balaban J connectivity index is 1.75. The average molecular weight is 327 g/mol. The van der Waals surface area contributed by atoms with Crippen LogP contribution in [0.5, 0.6) is 0 Å². The first-order valence-electron chi connectivity index (χ1n) is 7.88. The Morgan fingerprint density at radius 2 is 2.04 bits per heavy atom. The van der Waals surface area contributed by atoms with Crippen LogP contribution in [0.1, 0.15) is 36.4 Å². The second kappa shape index (κ2) is 7.42. The summed E-state index contributed by atoms with van der Waals surface area (Å²) < 4.78 is 0. The van der Waals surface area contributed by atoms with Crippen molar-refractivity contribution >= 4 is 23.6 Å². The van der Waals surface area contributed by atoms with Crippen molar-refractivity contribution in [3.05, 3.63) is 71.0 Å². The minimum Gasteiger partial charge on any atom is -0.332 e. The molecule has 0 radical (unpaired) electrons. The normalized spacial score (nSPS) is 18.3. The summed E-state index contributed by atoms with van der Waals surface area (Å²) in [5.41, 5.74) is 2.08. The molecule has 23 heavy (non-hydrogen) atoms. The summed E-state index contributed by atoms with van der Waals surface area (Å²) in [6.45, 7) is 0.795. The summed E-state index contributed by atoms with van der Waals surface area (Å²) in [6.07, 6.45) is 10.3. The predicted molar refractivity (Wildman–Crippen MR) is 93.0 cm³/mol. The van der Waals surface area contributed by atoms with Gasteiger partial charge in [-0.15, -0.1) is 0 Å². The molecule has 3 nitrogen and oxygen atoms in total. The smallest absolute Gasteiger partial charge is 0.247 e.